The predicted octanol–water partition coefficient (Wildman–Crippen LogP) is 4.41. The zero-order chi connectivity index (χ0) is 17.7. The molecule has 0 spiro atoms. The maximum atomic E-state index is 6.36. The number of pyridine rings is 1. The van der Waals surface area contributed by atoms with Crippen LogP contribution in [0.2, 0.25) is 5.02 Å². The van der Waals surface area contributed by atoms with Crippen molar-refractivity contribution < 1.29 is 0 Å². The molecule has 2 aromatic carbocycles. The van der Waals surface area contributed by atoms with E-state index in [2.05, 4.69) is 53.2 Å². The molecule has 5 rings (SSSR count). The van der Waals surface area contributed by atoms with Gasteiger partial charge in [0.05, 0.1) is 16.9 Å². The fourth-order valence-corrected chi connectivity index (χ4v) is 4.51. The highest BCUT2D eigenvalue weighted by Gasteiger charge is 2.26. The largest absolute Gasteiger partial charge is 0.368 e. The molecule has 132 valence electrons. The van der Waals surface area contributed by atoms with Crippen molar-refractivity contribution in [2.45, 2.75) is 12.8 Å². The monoisotopic (exact) mass is 363 g/mol. The van der Waals surface area contributed by atoms with Gasteiger partial charge in [0.15, 0.2) is 0 Å². The summed E-state index contributed by atoms with van der Waals surface area (Å²) < 4.78 is 0. The fourth-order valence-electron chi connectivity index (χ4n) is 4.34. The molecule has 3 aromatic rings. The minimum absolute atomic E-state index is 0.783. The average Bonchev–Trinajstić information content (AvgIpc) is 2.67. The summed E-state index contributed by atoms with van der Waals surface area (Å²) in [4.78, 5) is 10.0. The third kappa shape index (κ3) is 2.58. The Morgan fingerprint density at radius 2 is 1.77 bits per heavy atom. The lowest BCUT2D eigenvalue weighted by atomic mass is 9.86. The Bertz CT molecular complexity index is 990. The number of aryl methyl sites for hydroxylation is 1. The number of hydrogen-bond donors (Lipinski definition) is 0. The van der Waals surface area contributed by atoms with Crippen molar-refractivity contribution in [2.75, 3.05) is 38.1 Å². The average molecular weight is 364 g/mol. The third-order valence-corrected chi connectivity index (χ3v) is 5.99. The lowest BCUT2D eigenvalue weighted by Crippen LogP contribution is -2.45. The molecule has 1 saturated heterocycles. The third-order valence-electron chi connectivity index (χ3n) is 5.75. The van der Waals surface area contributed by atoms with Crippen LogP contribution in [-0.2, 0) is 12.8 Å². The van der Waals surface area contributed by atoms with E-state index in [9.17, 15) is 0 Å². The molecule has 1 aliphatic heterocycles. The van der Waals surface area contributed by atoms with Gasteiger partial charge >= 0.3 is 0 Å². The number of hydrogen-bond acceptors (Lipinski definition) is 3. The van der Waals surface area contributed by atoms with E-state index in [1.54, 1.807) is 0 Å². The molecule has 26 heavy (non-hydrogen) atoms. The van der Waals surface area contributed by atoms with E-state index >= 15 is 0 Å². The molecular weight excluding hydrogens is 342 g/mol. The molecule has 2 aliphatic rings. The number of fused-ring (bicyclic) bond motifs is 4. The molecule has 3 nitrogen and oxygen atoms in total. The lowest BCUT2D eigenvalue weighted by molar-refractivity contribution is 0.313. The first kappa shape index (κ1) is 16.1. The molecular formula is C22H22ClN3. The van der Waals surface area contributed by atoms with Gasteiger partial charge in [-0.3, -0.25) is 0 Å². The van der Waals surface area contributed by atoms with Gasteiger partial charge in [0.25, 0.3) is 0 Å². The fraction of sp³-hybridized carbons (Fsp3) is 0.318. The molecule has 0 atom stereocenters. The number of nitrogens with zero attached hydrogens (tertiary/aromatic N) is 3. The summed E-state index contributed by atoms with van der Waals surface area (Å²) >= 11 is 6.36. The summed E-state index contributed by atoms with van der Waals surface area (Å²) in [5, 5.41) is 1.98. The SMILES string of the molecule is CN1CCN(c2c3c(nc4ccc(Cl)cc24)-c2ccccc2CC3)CC1. The van der Waals surface area contributed by atoms with E-state index in [0.29, 0.717) is 0 Å². The first-order valence-corrected chi connectivity index (χ1v) is 9.72. The molecule has 0 amide bonds. The Balaban J connectivity index is 1.78. The van der Waals surface area contributed by atoms with Crippen molar-refractivity contribution >= 4 is 28.2 Å². The molecule has 0 bridgehead atoms. The van der Waals surface area contributed by atoms with Crippen LogP contribution in [0.15, 0.2) is 42.5 Å². The first-order valence-electron chi connectivity index (χ1n) is 9.34. The number of halogens is 1. The lowest BCUT2D eigenvalue weighted by Gasteiger charge is -2.37. The number of likely N-dealkylation sites (N-methyl/N-ethyl adjacent to an activating group) is 1. The van der Waals surface area contributed by atoms with Gasteiger partial charge in [-0.15, -0.1) is 0 Å². The quantitative estimate of drug-likeness (QED) is 0.638. The van der Waals surface area contributed by atoms with Crippen LogP contribution in [0.1, 0.15) is 11.1 Å². The van der Waals surface area contributed by atoms with Crippen LogP contribution in [0.4, 0.5) is 5.69 Å². The Morgan fingerprint density at radius 3 is 2.62 bits per heavy atom. The first-order chi connectivity index (χ1) is 12.7. The molecule has 0 radical (unpaired) electrons. The molecule has 0 unspecified atom stereocenters. The Morgan fingerprint density at radius 1 is 0.962 bits per heavy atom. The second-order valence-electron chi connectivity index (χ2n) is 7.40. The molecule has 0 N–H and O–H groups in total. The van der Waals surface area contributed by atoms with Crippen LogP contribution in [0.25, 0.3) is 22.2 Å². The van der Waals surface area contributed by atoms with Gasteiger partial charge in [-0.1, -0.05) is 35.9 Å². The molecule has 2 heterocycles. The minimum atomic E-state index is 0.783. The summed E-state index contributed by atoms with van der Waals surface area (Å²) in [6, 6.07) is 14.8. The number of anilines is 1. The number of benzene rings is 2. The molecule has 4 heteroatoms. The van der Waals surface area contributed by atoms with Crippen LogP contribution in [0.5, 0.6) is 0 Å². The Hall–Kier alpha value is -2.10. The second kappa shape index (κ2) is 6.26. The maximum absolute atomic E-state index is 6.36. The van der Waals surface area contributed by atoms with Crippen molar-refractivity contribution in [3.63, 3.8) is 0 Å². The van der Waals surface area contributed by atoms with E-state index in [0.717, 1.165) is 55.3 Å². The Kier molecular flexibility index (Phi) is 3.87. The normalized spacial score (nSPS) is 17.2. The number of rotatable bonds is 1. The highest BCUT2D eigenvalue weighted by Crippen LogP contribution is 2.42. The summed E-state index contributed by atoms with van der Waals surface area (Å²) in [6.45, 7) is 4.29. The minimum Gasteiger partial charge on any atom is -0.368 e. The van der Waals surface area contributed by atoms with Crippen LogP contribution < -0.4 is 4.90 Å². The van der Waals surface area contributed by atoms with Crippen molar-refractivity contribution in [3.8, 4) is 11.3 Å². The van der Waals surface area contributed by atoms with Crippen LogP contribution in [-0.4, -0.2) is 43.1 Å². The molecule has 1 fully saturated rings. The van der Waals surface area contributed by atoms with Crippen molar-refractivity contribution in [3.05, 3.63) is 58.6 Å². The van der Waals surface area contributed by atoms with Gasteiger partial charge in [0, 0.05) is 47.7 Å². The van der Waals surface area contributed by atoms with Crippen LogP contribution in [0, 0.1) is 0 Å². The van der Waals surface area contributed by atoms with E-state index in [1.165, 1.54) is 27.8 Å². The van der Waals surface area contributed by atoms with Crippen molar-refractivity contribution in [2.24, 2.45) is 0 Å². The van der Waals surface area contributed by atoms with Gasteiger partial charge in [-0.25, -0.2) is 4.98 Å². The predicted molar refractivity (Wildman–Crippen MR) is 109 cm³/mol. The van der Waals surface area contributed by atoms with Gasteiger partial charge in [-0.2, -0.15) is 0 Å². The molecule has 1 aliphatic carbocycles. The maximum Gasteiger partial charge on any atom is 0.0765 e. The van der Waals surface area contributed by atoms with Crippen LogP contribution >= 0.6 is 11.6 Å². The summed E-state index contributed by atoms with van der Waals surface area (Å²) in [5.41, 5.74) is 7.65. The zero-order valence-corrected chi connectivity index (χ0v) is 15.8. The van der Waals surface area contributed by atoms with E-state index < -0.39 is 0 Å². The van der Waals surface area contributed by atoms with E-state index in [-0.39, 0.29) is 0 Å². The van der Waals surface area contributed by atoms with Crippen LogP contribution in [0.3, 0.4) is 0 Å². The van der Waals surface area contributed by atoms with E-state index in [4.69, 9.17) is 16.6 Å². The van der Waals surface area contributed by atoms with E-state index in [1.807, 2.05) is 6.07 Å². The van der Waals surface area contributed by atoms with Gasteiger partial charge in [-0.05, 0) is 43.7 Å². The summed E-state index contributed by atoms with van der Waals surface area (Å²) in [6.07, 6.45) is 2.13. The number of aromatic nitrogens is 1. The van der Waals surface area contributed by atoms with Crippen molar-refractivity contribution in [1.29, 1.82) is 0 Å². The van der Waals surface area contributed by atoms with Gasteiger partial charge in [0.2, 0.25) is 0 Å². The van der Waals surface area contributed by atoms with Gasteiger partial charge < -0.3 is 9.80 Å². The smallest absolute Gasteiger partial charge is 0.0765 e. The highest BCUT2D eigenvalue weighted by atomic mass is 35.5. The summed E-state index contributed by atoms with van der Waals surface area (Å²) in [5.74, 6) is 0. The molecule has 1 aromatic heterocycles. The second-order valence-corrected chi connectivity index (χ2v) is 7.83. The zero-order valence-electron chi connectivity index (χ0n) is 15.0. The highest BCUT2D eigenvalue weighted by molar-refractivity contribution is 6.31. The Labute approximate surface area is 159 Å². The standard InChI is InChI=1S/C22H22ClN3/c1-25-10-12-26(13-11-25)22-18-8-6-15-4-2-3-5-17(15)21(18)24-20-9-7-16(23)14-19(20)22/h2-5,7,9,14H,6,8,10-13H2,1H3. The van der Waals surface area contributed by atoms with Crippen molar-refractivity contribution in [1.82, 2.24) is 9.88 Å². The van der Waals surface area contributed by atoms with Gasteiger partial charge in [0.1, 0.15) is 0 Å². The number of piperazine rings is 1. The topological polar surface area (TPSA) is 19.4 Å². The summed E-state index contributed by atoms with van der Waals surface area (Å²) in [7, 11) is 2.20. The molecule has 0 saturated carbocycles.